The molecule has 2 heterocycles. The summed E-state index contributed by atoms with van der Waals surface area (Å²) in [4.78, 5) is 36.6. The van der Waals surface area contributed by atoms with E-state index in [0.717, 1.165) is 19.3 Å². The fourth-order valence-corrected chi connectivity index (χ4v) is 2.55. The Kier molecular flexibility index (Phi) is 4.70. The van der Waals surface area contributed by atoms with E-state index in [2.05, 4.69) is 15.3 Å². The fourth-order valence-electron chi connectivity index (χ4n) is 2.55. The number of amides is 2. The SMILES string of the molecule is COC(=O)CC1CCCCN1C(=O)C1=NNC(=O)CC1. The number of hydrazone groups is 1. The van der Waals surface area contributed by atoms with Crippen LogP contribution in [0.5, 0.6) is 0 Å². The smallest absolute Gasteiger partial charge is 0.307 e. The summed E-state index contributed by atoms with van der Waals surface area (Å²) in [7, 11) is 1.35. The van der Waals surface area contributed by atoms with Crippen molar-refractivity contribution in [3.05, 3.63) is 0 Å². The van der Waals surface area contributed by atoms with Gasteiger partial charge in [0.05, 0.1) is 13.5 Å². The first-order valence-corrected chi connectivity index (χ1v) is 6.85. The lowest BCUT2D eigenvalue weighted by atomic mass is 9.98. The number of methoxy groups -OCH3 is 1. The van der Waals surface area contributed by atoms with Crippen LogP contribution in [0.2, 0.25) is 0 Å². The Balaban J connectivity index is 2.05. The monoisotopic (exact) mass is 281 g/mol. The van der Waals surface area contributed by atoms with Crippen LogP contribution in [0.1, 0.15) is 38.5 Å². The predicted molar refractivity (Wildman–Crippen MR) is 70.8 cm³/mol. The summed E-state index contributed by atoms with van der Waals surface area (Å²) in [5, 5.41) is 3.83. The highest BCUT2D eigenvalue weighted by molar-refractivity contribution is 6.39. The molecule has 20 heavy (non-hydrogen) atoms. The molecule has 2 rings (SSSR count). The highest BCUT2D eigenvalue weighted by Crippen LogP contribution is 2.21. The second-order valence-corrected chi connectivity index (χ2v) is 5.02. The van der Waals surface area contributed by atoms with Crippen LogP contribution in [-0.2, 0) is 19.1 Å². The van der Waals surface area contributed by atoms with Crippen LogP contribution in [0.3, 0.4) is 0 Å². The van der Waals surface area contributed by atoms with Crippen LogP contribution in [0, 0.1) is 0 Å². The van der Waals surface area contributed by atoms with Crippen molar-refractivity contribution in [2.45, 2.75) is 44.6 Å². The number of hydrogen-bond donors (Lipinski definition) is 1. The summed E-state index contributed by atoms with van der Waals surface area (Å²) in [5.41, 5.74) is 2.69. The third-order valence-corrected chi connectivity index (χ3v) is 3.67. The van der Waals surface area contributed by atoms with Crippen molar-refractivity contribution >= 4 is 23.5 Å². The molecule has 0 saturated carbocycles. The van der Waals surface area contributed by atoms with Crippen molar-refractivity contribution in [1.29, 1.82) is 0 Å². The Morgan fingerprint density at radius 3 is 2.85 bits per heavy atom. The molecular weight excluding hydrogens is 262 g/mol. The molecule has 0 aromatic carbocycles. The lowest BCUT2D eigenvalue weighted by molar-refractivity contribution is -0.143. The van der Waals surface area contributed by atoms with Gasteiger partial charge in [-0.3, -0.25) is 14.4 Å². The zero-order valence-corrected chi connectivity index (χ0v) is 11.6. The summed E-state index contributed by atoms with van der Waals surface area (Å²) in [6.07, 6.45) is 3.55. The van der Waals surface area contributed by atoms with E-state index in [1.165, 1.54) is 7.11 Å². The first-order valence-electron chi connectivity index (χ1n) is 6.85. The van der Waals surface area contributed by atoms with Crippen LogP contribution < -0.4 is 5.43 Å². The number of hydrogen-bond acceptors (Lipinski definition) is 5. The van der Waals surface area contributed by atoms with Gasteiger partial charge in [-0.1, -0.05) is 0 Å². The quantitative estimate of drug-likeness (QED) is 0.748. The molecule has 0 bridgehead atoms. The van der Waals surface area contributed by atoms with Gasteiger partial charge in [-0.05, 0) is 19.3 Å². The molecule has 0 aromatic heterocycles. The molecule has 0 aromatic rings. The molecular formula is C13H19N3O4. The second-order valence-electron chi connectivity index (χ2n) is 5.02. The lowest BCUT2D eigenvalue weighted by Crippen LogP contribution is -2.48. The normalized spacial score (nSPS) is 22.9. The molecule has 2 aliphatic heterocycles. The zero-order chi connectivity index (χ0) is 14.5. The number of rotatable bonds is 3. The summed E-state index contributed by atoms with van der Waals surface area (Å²) >= 11 is 0. The Morgan fingerprint density at radius 1 is 1.40 bits per heavy atom. The van der Waals surface area contributed by atoms with Gasteiger partial charge in [0, 0.05) is 25.4 Å². The molecule has 1 N–H and O–H groups in total. The second kappa shape index (κ2) is 6.49. The fraction of sp³-hybridized carbons (Fsp3) is 0.692. The molecule has 0 aliphatic carbocycles. The van der Waals surface area contributed by atoms with Crippen molar-refractivity contribution in [3.8, 4) is 0 Å². The molecule has 0 spiro atoms. The molecule has 2 amide bonds. The number of piperidine rings is 1. The molecule has 2 aliphatic rings. The van der Waals surface area contributed by atoms with Gasteiger partial charge in [-0.25, -0.2) is 5.43 Å². The number of likely N-dealkylation sites (tertiary alicyclic amines) is 1. The van der Waals surface area contributed by atoms with Gasteiger partial charge in [-0.15, -0.1) is 0 Å². The summed E-state index contributed by atoms with van der Waals surface area (Å²) in [5.74, 6) is -0.668. The third kappa shape index (κ3) is 3.34. The predicted octanol–water partition coefficient (Wildman–Crippen LogP) is 0.197. The minimum Gasteiger partial charge on any atom is -0.469 e. The van der Waals surface area contributed by atoms with Crippen molar-refractivity contribution in [3.63, 3.8) is 0 Å². The van der Waals surface area contributed by atoms with Crippen molar-refractivity contribution in [1.82, 2.24) is 10.3 Å². The molecule has 1 saturated heterocycles. The standard InChI is InChI=1S/C13H19N3O4/c1-20-12(18)8-9-4-2-3-7-16(9)13(19)10-5-6-11(17)15-14-10/h9H,2-8H2,1H3,(H,15,17). The van der Waals surface area contributed by atoms with Gasteiger partial charge in [0.25, 0.3) is 5.91 Å². The zero-order valence-electron chi connectivity index (χ0n) is 11.6. The van der Waals surface area contributed by atoms with Gasteiger partial charge in [0.15, 0.2) is 0 Å². The highest BCUT2D eigenvalue weighted by atomic mass is 16.5. The number of ether oxygens (including phenoxy) is 1. The third-order valence-electron chi connectivity index (χ3n) is 3.67. The van der Waals surface area contributed by atoms with E-state index in [-0.39, 0.29) is 36.7 Å². The average Bonchev–Trinajstić information content (AvgIpc) is 2.48. The van der Waals surface area contributed by atoms with Gasteiger partial charge < -0.3 is 9.64 Å². The van der Waals surface area contributed by atoms with Gasteiger partial charge in [-0.2, -0.15) is 5.10 Å². The summed E-state index contributed by atoms with van der Waals surface area (Å²) in [6, 6.07) is -0.135. The van der Waals surface area contributed by atoms with Crippen LogP contribution in [0.25, 0.3) is 0 Å². The van der Waals surface area contributed by atoms with Crippen LogP contribution in [-0.4, -0.2) is 48.1 Å². The van der Waals surface area contributed by atoms with Crippen LogP contribution in [0.4, 0.5) is 0 Å². The van der Waals surface area contributed by atoms with E-state index < -0.39 is 0 Å². The first kappa shape index (κ1) is 14.5. The first-order chi connectivity index (χ1) is 9.61. The largest absolute Gasteiger partial charge is 0.469 e. The number of nitrogens with zero attached hydrogens (tertiary/aromatic N) is 2. The molecule has 1 unspecified atom stereocenters. The number of esters is 1. The van der Waals surface area contributed by atoms with E-state index in [9.17, 15) is 14.4 Å². The maximum Gasteiger partial charge on any atom is 0.307 e. The van der Waals surface area contributed by atoms with Gasteiger partial charge in [0.2, 0.25) is 5.91 Å². The van der Waals surface area contributed by atoms with E-state index >= 15 is 0 Å². The Morgan fingerprint density at radius 2 is 2.20 bits per heavy atom. The van der Waals surface area contributed by atoms with Crippen LogP contribution in [0.15, 0.2) is 5.10 Å². The Hall–Kier alpha value is -1.92. The Bertz CT molecular complexity index is 447. The molecule has 110 valence electrons. The molecule has 0 radical (unpaired) electrons. The van der Waals surface area contributed by atoms with Crippen LogP contribution >= 0.6 is 0 Å². The maximum atomic E-state index is 12.4. The number of carbonyl (C=O) groups excluding carboxylic acids is 3. The van der Waals surface area contributed by atoms with E-state index in [4.69, 9.17) is 0 Å². The number of carbonyl (C=O) groups is 3. The van der Waals surface area contributed by atoms with Gasteiger partial charge >= 0.3 is 5.97 Å². The van der Waals surface area contributed by atoms with Gasteiger partial charge in [0.1, 0.15) is 5.71 Å². The maximum absolute atomic E-state index is 12.4. The molecule has 7 nitrogen and oxygen atoms in total. The molecule has 1 fully saturated rings. The van der Waals surface area contributed by atoms with Crippen molar-refractivity contribution in [2.24, 2.45) is 5.10 Å². The van der Waals surface area contributed by atoms with Crippen molar-refractivity contribution in [2.75, 3.05) is 13.7 Å². The lowest BCUT2D eigenvalue weighted by Gasteiger charge is -2.35. The minimum atomic E-state index is -0.311. The number of nitrogens with one attached hydrogen (secondary N) is 1. The van der Waals surface area contributed by atoms with E-state index in [1.807, 2.05) is 0 Å². The molecule has 1 atom stereocenters. The Labute approximate surface area is 117 Å². The summed E-state index contributed by atoms with van der Waals surface area (Å²) in [6.45, 7) is 0.619. The topological polar surface area (TPSA) is 88.1 Å². The van der Waals surface area contributed by atoms with E-state index in [0.29, 0.717) is 18.7 Å². The summed E-state index contributed by atoms with van der Waals surface area (Å²) < 4.78 is 4.68. The van der Waals surface area contributed by atoms with Crippen molar-refractivity contribution < 1.29 is 19.1 Å². The minimum absolute atomic E-state index is 0.135. The molecule has 7 heteroatoms. The average molecular weight is 281 g/mol. The highest BCUT2D eigenvalue weighted by Gasteiger charge is 2.32. The van der Waals surface area contributed by atoms with E-state index in [1.54, 1.807) is 4.90 Å².